The number of piperidine rings is 1. The number of carbonyl (C=O) groups is 1. The monoisotopic (exact) mass is 257 g/mol. The number of hydrogen-bond acceptors (Lipinski definition) is 2. The van der Waals surface area contributed by atoms with Crippen molar-refractivity contribution in [2.24, 2.45) is 7.05 Å². The molecule has 1 aromatic carbocycles. The summed E-state index contributed by atoms with van der Waals surface area (Å²) in [4.78, 5) is 12.4. The Morgan fingerprint density at radius 3 is 2.79 bits per heavy atom. The number of benzene rings is 1. The first-order valence-electron chi connectivity index (χ1n) is 6.82. The molecule has 2 N–H and O–H groups in total. The molecule has 1 saturated heterocycles. The molecule has 4 nitrogen and oxygen atoms in total. The highest BCUT2D eigenvalue weighted by Gasteiger charge is 2.18. The number of aryl methyl sites for hydroxylation is 1. The van der Waals surface area contributed by atoms with Crippen molar-refractivity contribution in [2.75, 3.05) is 13.1 Å². The summed E-state index contributed by atoms with van der Waals surface area (Å²) in [5.41, 5.74) is 1.83. The molecule has 0 aliphatic carbocycles. The third-order valence-corrected chi connectivity index (χ3v) is 3.86. The van der Waals surface area contributed by atoms with Crippen LogP contribution in [0, 0.1) is 0 Å². The second kappa shape index (κ2) is 5.05. The lowest BCUT2D eigenvalue weighted by Crippen LogP contribution is -2.43. The number of nitrogens with zero attached hydrogens (tertiary/aromatic N) is 1. The van der Waals surface area contributed by atoms with Crippen LogP contribution in [-0.4, -0.2) is 29.6 Å². The van der Waals surface area contributed by atoms with Crippen LogP contribution in [0.3, 0.4) is 0 Å². The average molecular weight is 257 g/mol. The fourth-order valence-electron chi connectivity index (χ4n) is 2.73. The van der Waals surface area contributed by atoms with Crippen molar-refractivity contribution in [1.29, 1.82) is 0 Å². The van der Waals surface area contributed by atoms with Gasteiger partial charge in [-0.25, -0.2) is 0 Å². The van der Waals surface area contributed by atoms with E-state index in [0.717, 1.165) is 42.5 Å². The number of amides is 1. The van der Waals surface area contributed by atoms with Gasteiger partial charge in [-0.2, -0.15) is 0 Å². The second-order valence-electron chi connectivity index (χ2n) is 5.15. The normalized spacial score (nSPS) is 16.7. The van der Waals surface area contributed by atoms with Gasteiger partial charge >= 0.3 is 0 Å². The van der Waals surface area contributed by atoms with Crippen LogP contribution in [0.5, 0.6) is 0 Å². The van der Waals surface area contributed by atoms with Crippen LogP contribution >= 0.6 is 0 Å². The van der Waals surface area contributed by atoms with E-state index in [-0.39, 0.29) is 5.91 Å². The average Bonchev–Trinajstić information content (AvgIpc) is 2.78. The van der Waals surface area contributed by atoms with E-state index in [0.29, 0.717) is 6.04 Å². The molecular weight excluding hydrogens is 238 g/mol. The van der Waals surface area contributed by atoms with Crippen LogP contribution in [0.1, 0.15) is 23.3 Å². The molecule has 0 bridgehead atoms. The van der Waals surface area contributed by atoms with Gasteiger partial charge in [0, 0.05) is 24.0 Å². The first-order chi connectivity index (χ1) is 9.25. The van der Waals surface area contributed by atoms with E-state index < -0.39 is 0 Å². The second-order valence-corrected chi connectivity index (χ2v) is 5.15. The Bertz CT molecular complexity index is 596. The molecule has 3 rings (SSSR count). The molecule has 0 spiro atoms. The molecule has 1 fully saturated rings. The molecule has 1 amide bonds. The van der Waals surface area contributed by atoms with Crippen molar-refractivity contribution < 1.29 is 4.79 Å². The van der Waals surface area contributed by atoms with Gasteiger partial charge in [-0.05, 0) is 38.1 Å². The van der Waals surface area contributed by atoms with Crippen LogP contribution in [-0.2, 0) is 7.05 Å². The van der Waals surface area contributed by atoms with Crippen molar-refractivity contribution >= 4 is 16.8 Å². The molecule has 1 aromatic heterocycles. The lowest BCUT2D eigenvalue weighted by atomic mass is 10.1. The van der Waals surface area contributed by atoms with Crippen molar-refractivity contribution in [1.82, 2.24) is 15.2 Å². The van der Waals surface area contributed by atoms with Gasteiger partial charge in [0.15, 0.2) is 0 Å². The minimum absolute atomic E-state index is 0.0330. The topological polar surface area (TPSA) is 46.1 Å². The SMILES string of the molecule is Cn1c(C(=O)NC2CCNCC2)cc2ccccc21. The predicted molar refractivity (Wildman–Crippen MR) is 76.3 cm³/mol. The number of rotatable bonds is 2. The molecule has 0 saturated carbocycles. The van der Waals surface area contributed by atoms with E-state index in [1.165, 1.54) is 0 Å². The minimum Gasteiger partial charge on any atom is -0.348 e. The first kappa shape index (κ1) is 12.2. The Labute approximate surface area is 112 Å². The van der Waals surface area contributed by atoms with Crippen molar-refractivity contribution in [2.45, 2.75) is 18.9 Å². The summed E-state index contributed by atoms with van der Waals surface area (Å²) in [6.07, 6.45) is 2.02. The number of hydrogen-bond donors (Lipinski definition) is 2. The Hall–Kier alpha value is -1.81. The fourth-order valence-corrected chi connectivity index (χ4v) is 2.73. The molecule has 1 aliphatic rings. The van der Waals surface area contributed by atoms with Gasteiger partial charge in [-0.1, -0.05) is 18.2 Å². The highest BCUT2D eigenvalue weighted by molar-refractivity contribution is 5.98. The Kier molecular flexibility index (Phi) is 3.25. The Morgan fingerprint density at radius 2 is 2.05 bits per heavy atom. The lowest BCUT2D eigenvalue weighted by molar-refractivity contribution is 0.0921. The molecule has 100 valence electrons. The molecule has 19 heavy (non-hydrogen) atoms. The van der Waals surface area contributed by atoms with Crippen LogP contribution in [0.2, 0.25) is 0 Å². The van der Waals surface area contributed by atoms with Crippen LogP contribution in [0.15, 0.2) is 30.3 Å². The molecule has 0 unspecified atom stereocenters. The van der Waals surface area contributed by atoms with Gasteiger partial charge < -0.3 is 15.2 Å². The number of nitrogens with one attached hydrogen (secondary N) is 2. The number of carbonyl (C=O) groups excluding carboxylic acids is 1. The quantitative estimate of drug-likeness (QED) is 0.859. The smallest absolute Gasteiger partial charge is 0.268 e. The third-order valence-electron chi connectivity index (χ3n) is 3.86. The summed E-state index contributed by atoms with van der Waals surface area (Å²) in [6.45, 7) is 1.97. The maximum Gasteiger partial charge on any atom is 0.268 e. The maximum absolute atomic E-state index is 12.4. The van der Waals surface area contributed by atoms with Crippen LogP contribution < -0.4 is 10.6 Å². The molecule has 0 atom stereocenters. The van der Waals surface area contributed by atoms with Crippen molar-refractivity contribution in [3.63, 3.8) is 0 Å². The lowest BCUT2D eigenvalue weighted by Gasteiger charge is -2.23. The van der Waals surface area contributed by atoms with Crippen LogP contribution in [0.25, 0.3) is 10.9 Å². The maximum atomic E-state index is 12.4. The van der Waals surface area contributed by atoms with Gasteiger partial charge in [0.2, 0.25) is 0 Å². The number of para-hydroxylation sites is 1. The van der Waals surface area contributed by atoms with E-state index in [2.05, 4.69) is 10.6 Å². The molecule has 2 heterocycles. The highest BCUT2D eigenvalue weighted by Crippen LogP contribution is 2.18. The van der Waals surface area contributed by atoms with E-state index in [1.807, 2.05) is 41.9 Å². The molecule has 2 aromatic rings. The largest absolute Gasteiger partial charge is 0.348 e. The standard InChI is InChI=1S/C15H19N3O/c1-18-13-5-3-2-4-11(13)10-14(18)15(19)17-12-6-8-16-9-7-12/h2-5,10,12,16H,6-9H2,1H3,(H,17,19). The van der Waals surface area contributed by atoms with Crippen LogP contribution in [0.4, 0.5) is 0 Å². The van der Waals surface area contributed by atoms with E-state index in [4.69, 9.17) is 0 Å². The molecule has 0 radical (unpaired) electrons. The zero-order valence-electron chi connectivity index (χ0n) is 11.1. The van der Waals surface area contributed by atoms with Gasteiger partial charge in [-0.15, -0.1) is 0 Å². The molecule has 4 heteroatoms. The molecular formula is C15H19N3O. The van der Waals surface area contributed by atoms with Gasteiger partial charge in [0.05, 0.1) is 0 Å². The number of fused-ring (bicyclic) bond motifs is 1. The third kappa shape index (κ3) is 2.36. The Balaban J connectivity index is 1.83. The van der Waals surface area contributed by atoms with Gasteiger partial charge in [0.1, 0.15) is 5.69 Å². The summed E-state index contributed by atoms with van der Waals surface area (Å²) in [6, 6.07) is 10.3. The minimum atomic E-state index is 0.0330. The molecule has 1 aliphatic heterocycles. The first-order valence-corrected chi connectivity index (χ1v) is 6.82. The zero-order chi connectivity index (χ0) is 13.2. The van der Waals surface area contributed by atoms with Crippen molar-refractivity contribution in [3.8, 4) is 0 Å². The summed E-state index contributed by atoms with van der Waals surface area (Å²) < 4.78 is 1.96. The van der Waals surface area contributed by atoms with E-state index in [1.54, 1.807) is 0 Å². The summed E-state index contributed by atoms with van der Waals surface area (Å²) in [5.74, 6) is 0.0330. The Morgan fingerprint density at radius 1 is 1.32 bits per heavy atom. The summed E-state index contributed by atoms with van der Waals surface area (Å²) in [5, 5.41) is 7.55. The number of aromatic nitrogens is 1. The van der Waals surface area contributed by atoms with Crippen molar-refractivity contribution in [3.05, 3.63) is 36.0 Å². The fraction of sp³-hybridized carbons (Fsp3) is 0.400. The summed E-state index contributed by atoms with van der Waals surface area (Å²) in [7, 11) is 1.94. The van der Waals surface area contributed by atoms with E-state index in [9.17, 15) is 4.79 Å². The highest BCUT2D eigenvalue weighted by atomic mass is 16.2. The van der Waals surface area contributed by atoms with Gasteiger partial charge in [-0.3, -0.25) is 4.79 Å². The zero-order valence-corrected chi connectivity index (χ0v) is 11.1. The summed E-state index contributed by atoms with van der Waals surface area (Å²) >= 11 is 0. The predicted octanol–water partition coefficient (Wildman–Crippen LogP) is 1.66. The van der Waals surface area contributed by atoms with Gasteiger partial charge in [0.25, 0.3) is 5.91 Å². The van der Waals surface area contributed by atoms with E-state index >= 15 is 0 Å².